The SMILES string of the molecule is CCOC(=O)NC(=O)c1c(NC(=O)C2CCCCN2S(=O)(=O)c2cccs2)sc2c1CCC(C)C2. The number of thiophene rings is 2. The quantitative estimate of drug-likeness (QED) is 0.572. The third kappa shape index (κ3) is 5.45. The number of alkyl carbamates (subject to hydrolysis) is 1. The Morgan fingerprint density at radius 2 is 2.03 bits per heavy atom. The molecule has 2 unspecified atom stereocenters. The van der Waals surface area contributed by atoms with Gasteiger partial charge in [0.2, 0.25) is 5.91 Å². The van der Waals surface area contributed by atoms with Gasteiger partial charge in [0, 0.05) is 11.4 Å². The summed E-state index contributed by atoms with van der Waals surface area (Å²) in [5, 5.41) is 7.12. The first-order valence-electron chi connectivity index (χ1n) is 11.7. The van der Waals surface area contributed by atoms with Gasteiger partial charge in [-0.15, -0.1) is 22.7 Å². The molecule has 2 aliphatic rings. The second-order valence-electron chi connectivity index (χ2n) is 8.78. The van der Waals surface area contributed by atoms with E-state index in [4.69, 9.17) is 4.74 Å². The predicted octanol–water partition coefficient (Wildman–Crippen LogP) is 4.00. The van der Waals surface area contributed by atoms with Crippen LogP contribution in [-0.4, -0.2) is 49.8 Å². The van der Waals surface area contributed by atoms with Gasteiger partial charge in [0.25, 0.3) is 15.9 Å². The lowest BCUT2D eigenvalue weighted by Gasteiger charge is -2.33. The third-order valence-corrected chi connectivity index (χ3v) is 10.7. The van der Waals surface area contributed by atoms with Gasteiger partial charge in [-0.3, -0.25) is 14.9 Å². The molecule has 190 valence electrons. The van der Waals surface area contributed by atoms with Crippen molar-refractivity contribution < 1.29 is 27.5 Å². The van der Waals surface area contributed by atoms with Crippen molar-refractivity contribution >= 4 is 55.6 Å². The number of rotatable bonds is 6. The Balaban J connectivity index is 1.62. The molecule has 1 saturated heterocycles. The number of anilines is 1. The number of nitrogens with zero attached hydrogens (tertiary/aromatic N) is 1. The van der Waals surface area contributed by atoms with Crippen LogP contribution in [0.3, 0.4) is 0 Å². The van der Waals surface area contributed by atoms with Crippen molar-refractivity contribution in [3.05, 3.63) is 33.5 Å². The molecule has 9 nitrogen and oxygen atoms in total. The van der Waals surface area contributed by atoms with E-state index in [9.17, 15) is 22.8 Å². The Kier molecular flexibility index (Phi) is 7.94. The number of ether oxygens (including phenoxy) is 1. The number of amides is 3. The van der Waals surface area contributed by atoms with Crippen molar-refractivity contribution in [2.45, 2.75) is 62.6 Å². The van der Waals surface area contributed by atoms with Crippen LogP contribution in [0.15, 0.2) is 21.7 Å². The summed E-state index contributed by atoms with van der Waals surface area (Å²) < 4.78 is 32.7. The van der Waals surface area contributed by atoms with Crippen LogP contribution in [0.5, 0.6) is 0 Å². The summed E-state index contributed by atoms with van der Waals surface area (Å²) in [6, 6.07) is 2.33. The van der Waals surface area contributed by atoms with Gasteiger partial charge in [-0.05, 0) is 62.0 Å². The van der Waals surface area contributed by atoms with Crippen LogP contribution >= 0.6 is 22.7 Å². The highest BCUT2D eigenvalue weighted by molar-refractivity contribution is 7.91. The van der Waals surface area contributed by atoms with Gasteiger partial charge in [0.05, 0.1) is 12.2 Å². The van der Waals surface area contributed by atoms with Crippen LogP contribution in [0.4, 0.5) is 9.80 Å². The van der Waals surface area contributed by atoms with Crippen molar-refractivity contribution in [1.29, 1.82) is 0 Å². The van der Waals surface area contributed by atoms with Crippen molar-refractivity contribution in [3.8, 4) is 0 Å². The van der Waals surface area contributed by atoms with Gasteiger partial charge < -0.3 is 10.1 Å². The highest BCUT2D eigenvalue weighted by Gasteiger charge is 2.39. The number of piperidine rings is 1. The lowest BCUT2D eigenvalue weighted by atomic mass is 9.88. The van der Waals surface area contributed by atoms with Crippen LogP contribution < -0.4 is 10.6 Å². The monoisotopic (exact) mass is 539 g/mol. The molecule has 2 aromatic heterocycles. The number of hydrogen-bond donors (Lipinski definition) is 2. The maximum atomic E-state index is 13.4. The Hall–Kier alpha value is -2.28. The molecule has 2 atom stereocenters. The summed E-state index contributed by atoms with van der Waals surface area (Å²) in [5.41, 5.74) is 1.10. The molecule has 0 saturated carbocycles. The fourth-order valence-corrected chi connectivity index (χ4v) is 8.76. The number of carbonyl (C=O) groups excluding carboxylic acids is 3. The fourth-order valence-electron chi connectivity index (χ4n) is 4.58. The van der Waals surface area contributed by atoms with Gasteiger partial charge in [-0.25, -0.2) is 13.2 Å². The van der Waals surface area contributed by atoms with E-state index in [1.807, 2.05) is 0 Å². The maximum absolute atomic E-state index is 13.4. The number of carbonyl (C=O) groups is 3. The largest absolute Gasteiger partial charge is 0.450 e. The summed E-state index contributed by atoms with van der Waals surface area (Å²) in [6.07, 6.45) is 3.28. The standard InChI is InChI=1S/C23H29N3O6S3/c1-3-32-23(29)25-21(28)19-15-10-9-14(2)13-17(15)34-22(19)24-20(27)16-7-4-5-11-26(16)35(30,31)18-8-6-12-33-18/h6,8,12,14,16H,3-5,7,9-11,13H2,1-2H3,(H,24,27)(H,25,28,29). The average Bonchev–Trinajstić information content (AvgIpc) is 3.47. The maximum Gasteiger partial charge on any atom is 0.414 e. The van der Waals surface area contributed by atoms with Crippen molar-refractivity contribution in [1.82, 2.24) is 9.62 Å². The predicted molar refractivity (Wildman–Crippen MR) is 134 cm³/mol. The molecule has 1 aliphatic carbocycles. The Bertz CT molecular complexity index is 1210. The van der Waals surface area contributed by atoms with Gasteiger partial charge in [0.1, 0.15) is 15.3 Å². The zero-order valence-corrected chi connectivity index (χ0v) is 22.1. The van der Waals surface area contributed by atoms with E-state index in [-0.39, 0.29) is 22.9 Å². The Labute approximate surface area is 212 Å². The lowest BCUT2D eigenvalue weighted by molar-refractivity contribution is -0.120. The van der Waals surface area contributed by atoms with E-state index in [1.54, 1.807) is 18.4 Å². The molecule has 2 N–H and O–H groups in total. The van der Waals surface area contributed by atoms with Crippen LogP contribution in [0.25, 0.3) is 0 Å². The number of fused-ring (bicyclic) bond motifs is 1. The Morgan fingerprint density at radius 1 is 1.23 bits per heavy atom. The number of imide groups is 1. The molecule has 0 bridgehead atoms. The van der Waals surface area contributed by atoms with Gasteiger partial charge >= 0.3 is 6.09 Å². The van der Waals surface area contributed by atoms with Crippen LogP contribution in [0, 0.1) is 5.92 Å². The normalized spacial score (nSPS) is 20.6. The molecule has 1 fully saturated rings. The van der Waals surface area contributed by atoms with E-state index < -0.39 is 34.0 Å². The second kappa shape index (κ2) is 10.8. The first-order valence-corrected chi connectivity index (χ1v) is 14.8. The topological polar surface area (TPSA) is 122 Å². The molecule has 1 aliphatic heterocycles. The fraction of sp³-hybridized carbons (Fsp3) is 0.522. The minimum Gasteiger partial charge on any atom is -0.450 e. The van der Waals surface area contributed by atoms with Crippen LogP contribution in [-0.2, 0) is 32.4 Å². The summed E-state index contributed by atoms with van der Waals surface area (Å²) >= 11 is 2.44. The number of sulfonamides is 1. The second-order valence-corrected chi connectivity index (χ2v) is 12.9. The van der Waals surface area contributed by atoms with Crippen molar-refractivity contribution in [2.24, 2.45) is 5.92 Å². The summed E-state index contributed by atoms with van der Waals surface area (Å²) in [6.45, 7) is 4.16. The van der Waals surface area contributed by atoms with Gasteiger partial charge in [-0.1, -0.05) is 19.4 Å². The molecule has 0 radical (unpaired) electrons. The summed E-state index contributed by atoms with van der Waals surface area (Å²) in [7, 11) is -3.81. The lowest BCUT2D eigenvalue weighted by Crippen LogP contribution is -2.49. The highest BCUT2D eigenvalue weighted by atomic mass is 32.2. The van der Waals surface area contributed by atoms with Crippen LogP contribution in [0.2, 0.25) is 0 Å². The van der Waals surface area contributed by atoms with E-state index in [2.05, 4.69) is 17.6 Å². The third-order valence-electron chi connectivity index (χ3n) is 6.28. The molecule has 2 aromatic rings. The van der Waals surface area contributed by atoms with Crippen molar-refractivity contribution in [3.63, 3.8) is 0 Å². The van der Waals surface area contributed by atoms with Gasteiger partial charge in [-0.2, -0.15) is 4.31 Å². The van der Waals surface area contributed by atoms with Gasteiger partial charge in [0.15, 0.2) is 0 Å². The molecule has 12 heteroatoms. The first-order chi connectivity index (χ1) is 16.7. The molecule has 3 amide bonds. The molecular weight excluding hydrogens is 510 g/mol. The molecule has 0 spiro atoms. The summed E-state index contributed by atoms with van der Waals surface area (Å²) in [4.78, 5) is 39.4. The first kappa shape index (κ1) is 25.8. The Morgan fingerprint density at radius 3 is 2.74 bits per heavy atom. The van der Waals surface area contributed by atoms with E-state index >= 15 is 0 Å². The summed E-state index contributed by atoms with van der Waals surface area (Å²) in [5.74, 6) is -0.658. The molecule has 3 heterocycles. The zero-order chi connectivity index (χ0) is 25.2. The van der Waals surface area contributed by atoms with E-state index in [0.29, 0.717) is 30.2 Å². The average molecular weight is 540 g/mol. The molecule has 35 heavy (non-hydrogen) atoms. The number of nitrogens with one attached hydrogen (secondary N) is 2. The molecule has 4 rings (SSSR count). The molecule has 0 aromatic carbocycles. The smallest absolute Gasteiger partial charge is 0.414 e. The minimum absolute atomic E-state index is 0.123. The van der Waals surface area contributed by atoms with E-state index in [0.717, 1.165) is 41.0 Å². The zero-order valence-electron chi connectivity index (χ0n) is 19.7. The highest BCUT2D eigenvalue weighted by Crippen LogP contribution is 2.40. The number of hydrogen-bond acceptors (Lipinski definition) is 8. The van der Waals surface area contributed by atoms with Crippen molar-refractivity contribution in [2.75, 3.05) is 18.5 Å². The molecular formula is C23H29N3O6S3. The van der Waals surface area contributed by atoms with Crippen LogP contribution in [0.1, 0.15) is 60.3 Å². The minimum atomic E-state index is -3.81. The van der Waals surface area contributed by atoms with E-state index in [1.165, 1.54) is 21.7 Å².